The molecule has 0 aliphatic heterocycles. The number of imidazole rings is 1. The number of thiophene rings is 1. The summed E-state index contributed by atoms with van der Waals surface area (Å²) in [7, 11) is 0. The monoisotopic (exact) mass is 361 g/mol. The average Bonchev–Trinajstić information content (AvgIpc) is 3.30. The highest BCUT2D eigenvalue weighted by atomic mass is 32.1. The normalized spacial score (nSPS) is 10.9. The molecule has 2 aromatic carbocycles. The van der Waals surface area contributed by atoms with Gasteiger partial charge in [0.15, 0.2) is 0 Å². The Balaban J connectivity index is 1.57. The lowest BCUT2D eigenvalue weighted by Gasteiger charge is -2.10. The Bertz CT molecular complexity index is 1010. The SMILES string of the molecule is O=C(Cn1c(Cc2ccccc2)nc2ccccc21)NCc1cccs1. The fourth-order valence-corrected chi connectivity index (χ4v) is 3.66. The van der Waals surface area contributed by atoms with E-state index in [4.69, 9.17) is 4.98 Å². The van der Waals surface area contributed by atoms with E-state index in [0.29, 0.717) is 13.0 Å². The van der Waals surface area contributed by atoms with Gasteiger partial charge in [0.05, 0.1) is 17.6 Å². The lowest BCUT2D eigenvalue weighted by molar-refractivity contribution is -0.121. The van der Waals surface area contributed by atoms with Crippen LogP contribution in [0.1, 0.15) is 16.3 Å². The number of hydrogen-bond acceptors (Lipinski definition) is 3. The standard InChI is InChI=1S/C21H19N3OS/c25-21(22-14-17-9-6-12-26-17)15-24-19-11-5-4-10-18(19)23-20(24)13-16-7-2-1-3-8-16/h1-12H,13-15H2,(H,22,25). The van der Waals surface area contributed by atoms with Crippen LogP contribution in [0.25, 0.3) is 11.0 Å². The maximum absolute atomic E-state index is 12.5. The number of para-hydroxylation sites is 2. The summed E-state index contributed by atoms with van der Waals surface area (Å²) in [5.41, 5.74) is 3.09. The molecule has 0 bridgehead atoms. The zero-order chi connectivity index (χ0) is 17.8. The number of hydrogen-bond donors (Lipinski definition) is 1. The second-order valence-electron chi connectivity index (χ2n) is 6.12. The highest BCUT2D eigenvalue weighted by Gasteiger charge is 2.14. The van der Waals surface area contributed by atoms with Crippen molar-refractivity contribution in [2.75, 3.05) is 0 Å². The zero-order valence-corrected chi connectivity index (χ0v) is 15.1. The smallest absolute Gasteiger partial charge is 0.240 e. The Kier molecular flexibility index (Phi) is 4.80. The quantitative estimate of drug-likeness (QED) is 0.564. The molecule has 0 aliphatic carbocycles. The van der Waals surface area contributed by atoms with Gasteiger partial charge in [-0.25, -0.2) is 4.98 Å². The molecule has 1 amide bonds. The highest BCUT2D eigenvalue weighted by molar-refractivity contribution is 7.09. The maximum Gasteiger partial charge on any atom is 0.240 e. The van der Waals surface area contributed by atoms with E-state index in [1.54, 1.807) is 11.3 Å². The van der Waals surface area contributed by atoms with Crippen LogP contribution in [0.5, 0.6) is 0 Å². The Labute approximate surface area is 156 Å². The average molecular weight is 361 g/mol. The minimum atomic E-state index is -0.00383. The number of aromatic nitrogens is 2. The van der Waals surface area contributed by atoms with Gasteiger partial charge in [0.2, 0.25) is 5.91 Å². The molecular weight excluding hydrogens is 342 g/mol. The molecule has 2 aromatic heterocycles. The molecule has 2 heterocycles. The van der Waals surface area contributed by atoms with Crippen molar-refractivity contribution in [3.63, 3.8) is 0 Å². The predicted octanol–water partition coefficient (Wildman–Crippen LogP) is 4.01. The van der Waals surface area contributed by atoms with Crippen molar-refractivity contribution in [3.8, 4) is 0 Å². The Morgan fingerprint density at radius 2 is 1.81 bits per heavy atom. The van der Waals surface area contributed by atoms with Crippen LogP contribution in [-0.4, -0.2) is 15.5 Å². The topological polar surface area (TPSA) is 46.9 Å². The molecule has 0 aliphatic rings. The van der Waals surface area contributed by atoms with Gasteiger partial charge in [-0.05, 0) is 29.1 Å². The molecule has 0 saturated heterocycles. The van der Waals surface area contributed by atoms with Crippen molar-refractivity contribution in [3.05, 3.63) is 88.4 Å². The lowest BCUT2D eigenvalue weighted by Crippen LogP contribution is -2.27. The van der Waals surface area contributed by atoms with Crippen molar-refractivity contribution in [2.24, 2.45) is 0 Å². The van der Waals surface area contributed by atoms with E-state index < -0.39 is 0 Å². The molecule has 4 nitrogen and oxygen atoms in total. The number of carbonyl (C=O) groups is 1. The summed E-state index contributed by atoms with van der Waals surface area (Å²) in [5, 5.41) is 5.02. The minimum absolute atomic E-state index is 0.00383. The molecule has 5 heteroatoms. The summed E-state index contributed by atoms with van der Waals surface area (Å²) < 4.78 is 2.02. The zero-order valence-electron chi connectivity index (χ0n) is 14.3. The molecule has 1 N–H and O–H groups in total. The van der Waals surface area contributed by atoms with Gasteiger partial charge in [-0.3, -0.25) is 4.79 Å². The van der Waals surface area contributed by atoms with Crippen LogP contribution >= 0.6 is 11.3 Å². The summed E-state index contributed by atoms with van der Waals surface area (Å²) in [4.78, 5) is 18.4. The fourth-order valence-electron chi connectivity index (χ4n) is 3.01. The van der Waals surface area contributed by atoms with Crippen LogP contribution in [0, 0.1) is 0 Å². The van der Waals surface area contributed by atoms with E-state index in [9.17, 15) is 4.79 Å². The van der Waals surface area contributed by atoms with Gasteiger partial charge in [-0.1, -0.05) is 48.5 Å². The maximum atomic E-state index is 12.5. The first kappa shape index (κ1) is 16.5. The third-order valence-corrected chi connectivity index (χ3v) is 5.16. The van der Waals surface area contributed by atoms with Crippen LogP contribution in [-0.2, 0) is 24.3 Å². The number of benzene rings is 2. The van der Waals surface area contributed by atoms with E-state index in [2.05, 4.69) is 17.4 Å². The van der Waals surface area contributed by atoms with Crippen LogP contribution in [0.4, 0.5) is 0 Å². The van der Waals surface area contributed by atoms with Crippen molar-refractivity contribution in [1.29, 1.82) is 0 Å². The Morgan fingerprint density at radius 3 is 2.62 bits per heavy atom. The van der Waals surface area contributed by atoms with Gasteiger partial charge in [-0.2, -0.15) is 0 Å². The van der Waals surface area contributed by atoms with Crippen molar-refractivity contribution in [1.82, 2.24) is 14.9 Å². The van der Waals surface area contributed by atoms with E-state index >= 15 is 0 Å². The highest BCUT2D eigenvalue weighted by Crippen LogP contribution is 2.18. The first-order valence-corrected chi connectivity index (χ1v) is 9.45. The number of carbonyl (C=O) groups excluding carboxylic acids is 1. The number of nitrogens with zero attached hydrogens (tertiary/aromatic N) is 2. The van der Waals surface area contributed by atoms with E-state index in [1.807, 2.05) is 64.5 Å². The van der Waals surface area contributed by atoms with Crippen LogP contribution in [0.3, 0.4) is 0 Å². The van der Waals surface area contributed by atoms with Gasteiger partial charge in [-0.15, -0.1) is 11.3 Å². The second kappa shape index (κ2) is 7.54. The van der Waals surface area contributed by atoms with Crippen molar-refractivity contribution >= 4 is 28.3 Å². The molecule has 130 valence electrons. The van der Waals surface area contributed by atoms with Crippen LogP contribution in [0.2, 0.25) is 0 Å². The number of fused-ring (bicyclic) bond motifs is 1. The first-order valence-electron chi connectivity index (χ1n) is 8.57. The van der Waals surface area contributed by atoms with Crippen molar-refractivity contribution < 1.29 is 4.79 Å². The van der Waals surface area contributed by atoms with Gasteiger partial charge in [0, 0.05) is 11.3 Å². The Hall–Kier alpha value is -2.92. The molecular formula is C21H19N3OS. The molecule has 4 rings (SSSR count). The fraction of sp³-hybridized carbons (Fsp3) is 0.143. The van der Waals surface area contributed by atoms with Crippen LogP contribution < -0.4 is 5.32 Å². The number of rotatable bonds is 6. The summed E-state index contributed by atoms with van der Waals surface area (Å²) in [6, 6.07) is 22.2. The molecule has 4 aromatic rings. The first-order chi connectivity index (χ1) is 12.8. The molecule has 0 unspecified atom stereocenters. The number of nitrogens with one attached hydrogen (secondary N) is 1. The Morgan fingerprint density at radius 1 is 1.00 bits per heavy atom. The van der Waals surface area contributed by atoms with E-state index in [-0.39, 0.29) is 12.5 Å². The molecule has 26 heavy (non-hydrogen) atoms. The third-order valence-electron chi connectivity index (χ3n) is 4.28. The van der Waals surface area contributed by atoms with Gasteiger partial charge < -0.3 is 9.88 Å². The number of amides is 1. The van der Waals surface area contributed by atoms with Gasteiger partial charge in [0.25, 0.3) is 0 Å². The lowest BCUT2D eigenvalue weighted by atomic mass is 10.1. The molecule has 0 radical (unpaired) electrons. The third kappa shape index (κ3) is 3.68. The van der Waals surface area contributed by atoms with E-state index in [0.717, 1.165) is 21.7 Å². The van der Waals surface area contributed by atoms with Crippen molar-refractivity contribution in [2.45, 2.75) is 19.5 Å². The summed E-state index contributed by atoms with van der Waals surface area (Å²) >= 11 is 1.65. The molecule has 0 atom stereocenters. The predicted molar refractivity (Wildman–Crippen MR) is 105 cm³/mol. The van der Waals surface area contributed by atoms with Crippen LogP contribution in [0.15, 0.2) is 72.1 Å². The molecule has 0 spiro atoms. The van der Waals surface area contributed by atoms with Gasteiger partial charge in [0.1, 0.15) is 12.4 Å². The summed E-state index contributed by atoms with van der Waals surface area (Å²) in [6.45, 7) is 0.838. The molecule has 0 saturated carbocycles. The van der Waals surface area contributed by atoms with Gasteiger partial charge >= 0.3 is 0 Å². The summed E-state index contributed by atoms with van der Waals surface area (Å²) in [5.74, 6) is 0.902. The van der Waals surface area contributed by atoms with E-state index in [1.165, 1.54) is 5.56 Å². The summed E-state index contributed by atoms with van der Waals surface area (Å²) in [6.07, 6.45) is 0.702. The largest absolute Gasteiger partial charge is 0.350 e. The molecule has 0 fully saturated rings. The second-order valence-corrected chi connectivity index (χ2v) is 7.15. The minimum Gasteiger partial charge on any atom is -0.350 e.